The van der Waals surface area contributed by atoms with Crippen molar-refractivity contribution in [2.24, 2.45) is 0 Å². The van der Waals surface area contributed by atoms with Crippen molar-refractivity contribution in [3.8, 4) is 28.4 Å². The van der Waals surface area contributed by atoms with Crippen LogP contribution in [0.25, 0.3) is 11.1 Å². The summed E-state index contributed by atoms with van der Waals surface area (Å²) in [5, 5.41) is 5.90. The Morgan fingerprint density at radius 2 is 1.75 bits per heavy atom. The number of ether oxygens (including phenoxy) is 4. The number of aryl methyl sites for hydroxylation is 1. The maximum atomic E-state index is 13.0. The Hall–Kier alpha value is -4.87. The molecule has 1 unspecified atom stereocenters. The van der Waals surface area contributed by atoms with E-state index in [1.807, 2.05) is 49.4 Å². The summed E-state index contributed by atoms with van der Waals surface area (Å²) in [7, 11) is 5.39. The molecule has 1 saturated heterocycles. The van der Waals surface area contributed by atoms with E-state index in [2.05, 4.69) is 63.4 Å². The molecule has 5 rings (SSSR count). The third-order valence-corrected chi connectivity index (χ3v) is 8.65. The lowest BCUT2D eigenvalue weighted by Crippen LogP contribution is -2.44. The number of nitrogens with one attached hydrogen (secondary N) is 2. The first kappa shape index (κ1) is 34.5. The molecule has 2 N–H and O–H groups in total. The van der Waals surface area contributed by atoms with Gasteiger partial charge in [-0.3, -0.25) is 5.32 Å². The summed E-state index contributed by atoms with van der Waals surface area (Å²) in [5.41, 5.74) is 5.94. The number of aromatic nitrogens is 2. The van der Waals surface area contributed by atoms with Crippen LogP contribution in [0.3, 0.4) is 0 Å². The molecule has 254 valence electrons. The second-order valence-electron chi connectivity index (χ2n) is 12.0. The van der Waals surface area contributed by atoms with Crippen molar-refractivity contribution >= 4 is 23.5 Å². The van der Waals surface area contributed by atoms with Crippen LogP contribution in [0.5, 0.6) is 17.2 Å². The van der Waals surface area contributed by atoms with Gasteiger partial charge in [-0.1, -0.05) is 24.3 Å². The van der Waals surface area contributed by atoms with Gasteiger partial charge in [0.05, 0.1) is 20.8 Å². The predicted octanol–water partition coefficient (Wildman–Crippen LogP) is 6.85. The highest BCUT2D eigenvalue weighted by Gasteiger charge is 2.20. The van der Waals surface area contributed by atoms with E-state index < -0.39 is 12.2 Å². The number of hydrogen-bond donors (Lipinski definition) is 2. The summed E-state index contributed by atoms with van der Waals surface area (Å²) in [6.07, 6.45) is 1.28. The highest BCUT2D eigenvalue weighted by atomic mass is 16.6. The monoisotopic (exact) mass is 654 g/mol. The fraction of sp³-hybridized carbons (Fsp3) is 0.378. The lowest BCUT2D eigenvalue weighted by atomic mass is 9.91. The lowest BCUT2D eigenvalue weighted by molar-refractivity contribution is 0.121. The fourth-order valence-electron chi connectivity index (χ4n) is 5.67. The molecule has 11 nitrogen and oxygen atoms in total. The van der Waals surface area contributed by atoms with Gasteiger partial charge in [0.15, 0.2) is 11.5 Å². The summed E-state index contributed by atoms with van der Waals surface area (Å²) in [6, 6.07) is 19.2. The van der Waals surface area contributed by atoms with Crippen LogP contribution in [0.15, 0.2) is 66.9 Å². The average Bonchev–Trinajstić information content (AvgIpc) is 3.09. The minimum absolute atomic E-state index is 0.289. The molecule has 0 bridgehead atoms. The van der Waals surface area contributed by atoms with Gasteiger partial charge in [0.25, 0.3) is 0 Å². The van der Waals surface area contributed by atoms with Crippen LogP contribution in [0, 0.1) is 13.8 Å². The van der Waals surface area contributed by atoms with E-state index in [1.54, 1.807) is 26.5 Å². The molecule has 48 heavy (non-hydrogen) atoms. The van der Waals surface area contributed by atoms with Crippen LogP contribution in [0.2, 0.25) is 0 Å². The minimum atomic E-state index is -0.641. The largest absolute Gasteiger partial charge is 0.497 e. The van der Waals surface area contributed by atoms with Crippen LogP contribution in [-0.4, -0.2) is 86.5 Å². The molecule has 1 amide bonds. The van der Waals surface area contributed by atoms with Crippen molar-refractivity contribution < 1.29 is 23.7 Å². The number of likely N-dealkylation sites (N-methyl/N-ethyl adjacent to an activating group) is 1. The van der Waals surface area contributed by atoms with Crippen LogP contribution >= 0.6 is 0 Å². The van der Waals surface area contributed by atoms with Gasteiger partial charge in [-0.15, -0.1) is 0 Å². The topological polar surface area (TPSA) is 110 Å². The zero-order valence-electron chi connectivity index (χ0n) is 28.7. The van der Waals surface area contributed by atoms with E-state index >= 15 is 0 Å². The van der Waals surface area contributed by atoms with Gasteiger partial charge >= 0.3 is 6.09 Å². The van der Waals surface area contributed by atoms with Gasteiger partial charge in [-0.25, -0.2) is 9.78 Å². The Morgan fingerprint density at radius 3 is 2.52 bits per heavy atom. The second kappa shape index (κ2) is 16.3. The van der Waals surface area contributed by atoms with E-state index in [0.717, 1.165) is 61.4 Å². The Bertz CT molecular complexity index is 1690. The van der Waals surface area contributed by atoms with E-state index in [9.17, 15) is 4.79 Å². The quantitative estimate of drug-likeness (QED) is 0.149. The SMILES string of the molecule is COc1ccc(-c2cccc(C)c2C)c(C(C)OC(=O)Nc2ccnc(Nc3ccc(OCCCN4CCN(C)CC4)c(OC)c3)n2)c1. The summed E-state index contributed by atoms with van der Waals surface area (Å²) < 4.78 is 22.9. The number of carbonyl (C=O) groups excluding carboxylic acids is 1. The molecule has 11 heteroatoms. The first-order valence-corrected chi connectivity index (χ1v) is 16.3. The molecule has 4 aromatic rings. The summed E-state index contributed by atoms with van der Waals surface area (Å²) in [6.45, 7) is 12.0. The molecule has 1 aliphatic rings. The molecule has 1 aromatic heterocycles. The van der Waals surface area contributed by atoms with Crippen molar-refractivity contribution in [2.45, 2.75) is 33.3 Å². The first-order chi connectivity index (χ1) is 23.2. The molecular weight excluding hydrogens is 608 g/mol. The number of benzene rings is 3. The maximum absolute atomic E-state index is 13.0. The number of carbonyl (C=O) groups is 1. The highest BCUT2D eigenvalue weighted by molar-refractivity contribution is 5.84. The standard InChI is InChI=1S/C37H46N6O5/c1-25-9-7-10-30(26(25)2)31-13-12-29(45-5)24-32(31)27(3)48-37(44)41-35-15-16-38-36(40-35)39-28-11-14-33(34(23-28)46-6)47-22-8-17-43-20-18-42(4)19-21-43/h7,9-16,23-24,27H,8,17-22H2,1-6H3,(H2,38,39,40,41,44). The van der Waals surface area contributed by atoms with Gasteiger partial charge in [0.1, 0.15) is 17.7 Å². The summed E-state index contributed by atoms with van der Waals surface area (Å²) in [4.78, 5) is 26.6. The van der Waals surface area contributed by atoms with Crippen molar-refractivity contribution in [1.29, 1.82) is 0 Å². The number of hydrogen-bond acceptors (Lipinski definition) is 10. The maximum Gasteiger partial charge on any atom is 0.413 e. The molecule has 1 atom stereocenters. The van der Waals surface area contributed by atoms with Gasteiger partial charge in [0.2, 0.25) is 5.95 Å². The Kier molecular flexibility index (Phi) is 11.7. The van der Waals surface area contributed by atoms with Gasteiger partial charge in [-0.2, -0.15) is 4.98 Å². The van der Waals surface area contributed by atoms with Crippen LogP contribution in [0.1, 0.15) is 36.1 Å². The molecule has 2 heterocycles. The van der Waals surface area contributed by atoms with E-state index in [4.69, 9.17) is 18.9 Å². The molecule has 0 aliphatic carbocycles. The average molecular weight is 655 g/mol. The Morgan fingerprint density at radius 1 is 0.938 bits per heavy atom. The Balaban J connectivity index is 1.19. The van der Waals surface area contributed by atoms with Gasteiger partial charge in [-0.05, 0) is 86.8 Å². The third kappa shape index (κ3) is 8.93. The Labute approximate surface area is 283 Å². The third-order valence-electron chi connectivity index (χ3n) is 8.65. The number of amides is 1. The first-order valence-electron chi connectivity index (χ1n) is 16.3. The molecule has 0 radical (unpaired) electrons. The van der Waals surface area contributed by atoms with Crippen LogP contribution in [-0.2, 0) is 4.74 Å². The number of anilines is 3. The van der Waals surface area contributed by atoms with Crippen molar-refractivity contribution in [1.82, 2.24) is 19.8 Å². The summed E-state index contributed by atoms with van der Waals surface area (Å²) in [5.74, 6) is 2.54. The molecule has 1 fully saturated rings. The number of methoxy groups -OCH3 is 2. The van der Waals surface area contributed by atoms with E-state index in [-0.39, 0.29) is 5.82 Å². The molecule has 1 aliphatic heterocycles. The summed E-state index contributed by atoms with van der Waals surface area (Å²) >= 11 is 0. The second-order valence-corrected chi connectivity index (χ2v) is 12.0. The zero-order valence-corrected chi connectivity index (χ0v) is 28.7. The molecule has 0 saturated carbocycles. The minimum Gasteiger partial charge on any atom is -0.497 e. The number of piperazine rings is 1. The van der Waals surface area contributed by atoms with Crippen LogP contribution < -0.4 is 24.8 Å². The van der Waals surface area contributed by atoms with Crippen molar-refractivity contribution in [2.75, 3.05) is 71.2 Å². The van der Waals surface area contributed by atoms with Gasteiger partial charge < -0.3 is 34.1 Å². The number of rotatable bonds is 13. The fourth-order valence-corrected chi connectivity index (χ4v) is 5.67. The van der Waals surface area contributed by atoms with Crippen molar-refractivity contribution in [3.63, 3.8) is 0 Å². The molecule has 3 aromatic carbocycles. The van der Waals surface area contributed by atoms with Crippen LogP contribution in [0.4, 0.5) is 22.2 Å². The smallest absolute Gasteiger partial charge is 0.413 e. The number of nitrogens with zero attached hydrogens (tertiary/aromatic N) is 4. The predicted molar refractivity (Wildman–Crippen MR) is 189 cm³/mol. The van der Waals surface area contributed by atoms with Crippen molar-refractivity contribution in [3.05, 3.63) is 83.6 Å². The zero-order chi connectivity index (χ0) is 34.0. The van der Waals surface area contributed by atoms with Gasteiger partial charge in [0, 0.05) is 56.2 Å². The molecule has 0 spiro atoms. The highest BCUT2D eigenvalue weighted by Crippen LogP contribution is 2.36. The lowest BCUT2D eigenvalue weighted by Gasteiger charge is -2.32. The molecular formula is C37H46N6O5. The van der Waals surface area contributed by atoms with E-state index in [0.29, 0.717) is 35.5 Å². The van der Waals surface area contributed by atoms with E-state index in [1.165, 1.54) is 5.56 Å². The normalized spacial score (nSPS) is 14.2.